The molecular weight excluding hydrogens is 675 g/mol. The van der Waals surface area contributed by atoms with Gasteiger partial charge in [0.25, 0.3) is 0 Å². The Morgan fingerprint density at radius 1 is 0.787 bits per heavy atom. The maximum absolute atomic E-state index is 15.7. The minimum Gasteiger partial charge on any atom is -0.481 e. The zero-order valence-corrected chi connectivity index (χ0v) is 31.3. The Kier molecular flexibility index (Phi) is 12.3. The fraction of sp³-hybridized carbons (Fsp3) is 0.564. The van der Waals surface area contributed by atoms with E-state index in [-0.39, 0.29) is 30.7 Å². The van der Waals surface area contributed by atoms with Crippen molar-refractivity contribution in [2.24, 2.45) is 35.5 Å². The van der Waals surface area contributed by atoms with Crippen LogP contribution in [0.4, 0.5) is 0 Å². The van der Waals surface area contributed by atoms with Gasteiger partial charge in [-0.1, -0.05) is 119 Å². The van der Waals surface area contributed by atoms with E-state index < -0.39 is 19.4 Å². The van der Waals surface area contributed by atoms with E-state index in [4.69, 9.17) is 18.5 Å². The normalized spacial score (nSPS) is 27.0. The van der Waals surface area contributed by atoms with Gasteiger partial charge in [0.15, 0.2) is 6.61 Å². The van der Waals surface area contributed by atoms with Gasteiger partial charge in [-0.2, -0.15) is 0 Å². The number of halogens is 1. The Labute approximate surface area is 289 Å². The second kappa shape index (κ2) is 16.0. The summed E-state index contributed by atoms with van der Waals surface area (Å²) in [5.74, 6) is 0.734. The van der Waals surface area contributed by atoms with Crippen molar-refractivity contribution in [3.63, 3.8) is 0 Å². The van der Waals surface area contributed by atoms with Crippen LogP contribution in [-0.4, -0.2) is 24.8 Å². The molecule has 0 saturated heterocycles. The molecule has 2 saturated carbocycles. The number of ether oxygens (including phenoxy) is 2. The summed E-state index contributed by atoms with van der Waals surface area (Å²) in [4.78, 5) is 13.7. The molecule has 0 amide bonds. The summed E-state index contributed by atoms with van der Waals surface area (Å²) in [6, 6.07) is 21.0. The van der Waals surface area contributed by atoms with Crippen LogP contribution in [0.5, 0.6) is 5.75 Å². The molecule has 0 aromatic heterocycles. The van der Waals surface area contributed by atoms with E-state index in [0.717, 1.165) is 53.8 Å². The highest BCUT2D eigenvalue weighted by molar-refractivity contribution is 9.10. The van der Waals surface area contributed by atoms with Gasteiger partial charge >= 0.3 is 13.6 Å². The average Bonchev–Trinajstić information content (AvgIpc) is 3.03. The average molecular weight is 728 g/mol. The molecule has 2 aliphatic carbocycles. The summed E-state index contributed by atoms with van der Waals surface area (Å²) in [6.45, 7) is 12.9. The van der Waals surface area contributed by atoms with Crippen molar-refractivity contribution >= 4 is 40.3 Å². The van der Waals surface area contributed by atoms with Crippen LogP contribution in [0.25, 0.3) is 10.8 Å². The summed E-state index contributed by atoms with van der Waals surface area (Å²) in [5.41, 5.74) is 0.574. The quantitative estimate of drug-likeness (QED) is 0.137. The van der Waals surface area contributed by atoms with Gasteiger partial charge in [0.2, 0.25) is 5.85 Å². The van der Waals surface area contributed by atoms with Crippen LogP contribution in [0.2, 0.25) is 0 Å². The molecule has 256 valence electrons. The van der Waals surface area contributed by atoms with Crippen LogP contribution < -0.4 is 4.74 Å². The number of esters is 1. The zero-order valence-electron chi connectivity index (χ0n) is 28.8. The third kappa shape index (κ3) is 9.09. The van der Waals surface area contributed by atoms with Gasteiger partial charge in [-0.25, -0.2) is 4.79 Å². The van der Waals surface area contributed by atoms with E-state index in [1.165, 1.54) is 0 Å². The maximum atomic E-state index is 15.7. The molecule has 5 rings (SSSR count). The molecule has 6 nitrogen and oxygen atoms in total. The van der Waals surface area contributed by atoms with Crippen LogP contribution in [-0.2, 0) is 23.1 Å². The highest BCUT2D eigenvalue weighted by Crippen LogP contribution is 2.66. The standard InChI is InChI=1S/C39H52BrO6P/c1-25(2)32-20-14-27(5)22-36(32)45-47(42,46-37-23-28(6)15-21-33(37)26(3)4)39(30-16-18-31(40)19-17-30)44-38(41)24-43-35-13-9-11-29-10-7-8-12-34(29)35/h7-13,16-19,25-28,32-33,36-37,39H,14-15,20-24H2,1-6H3/t27-,28-,32-,33+,36-,37-,39-,47?/m1/s1. The van der Waals surface area contributed by atoms with Crippen molar-refractivity contribution in [2.75, 3.05) is 6.61 Å². The van der Waals surface area contributed by atoms with Crippen molar-refractivity contribution in [3.8, 4) is 5.75 Å². The topological polar surface area (TPSA) is 71.1 Å². The van der Waals surface area contributed by atoms with Crippen molar-refractivity contribution < 1.29 is 27.9 Å². The fourth-order valence-electron chi connectivity index (χ4n) is 7.54. The van der Waals surface area contributed by atoms with Crippen molar-refractivity contribution in [1.82, 2.24) is 0 Å². The first-order valence-corrected chi connectivity index (χ1v) is 19.9. The number of hydrogen-bond donors (Lipinski definition) is 0. The minimum absolute atomic E-state index is 0.227. The van der Waals surface area contributed by atoms with E-state index >= 15 is 4.57 Å². The highest BCUT2D eigenvalue weighted by Gasteiger charge is 2.49. The van der Waals surface area contributed by atoms with Crippen molar-refractivity contribution in [2.45, 2.75) is 98.1 Å². The number of rotatable bonds is 12. The lowest BCUT2D eigenvalue weighted by Crippen LogP contribution is -2.37. The SMILES string of the molecule is CC(C)[C@H]1CC[C@@H](C)C[C@H]1OP(=O)(O[C@@H]1C[C@H](C)CC[C@H]1C(C)C)[C@@H](OC(=O)COc1cccc2ccccc12)c1ccc(Br)cc1. The van der Waals surface area contributed by atoms with E-state index in [0.29, 0.717) is 35.0 Å². The number of benzene rings is 3. The predicted octanol–water partition coefficient (Wildman–Crippen LogP) is 11.4. The molecule has 2 aliphatic rings. The first-order valence-electron chi connectivity index (χ1n) is 17.5. The molecule has 2 fully saturated rings. The lowest BCUT2D eigenvalue weighted by Gasteiger charge is -2.43. The molecule has 0 bridgehead atoms. The van der Waals surface area contributed by atoms with Gasteiger partial charge in [0, 0.05) is 15.4 Å². The summed E-state index contributed by atoms with van der Waals surface area (Å²) in [7, 11) is -4.11. The molecule has 3 aromatic rings. The first kappa shape index (κ1) is 36.1. The third-order valence-corrected chi connectivity index (χ3v) is 12.9. The molecule has 8 heteroatoms. The summed E-state index contributed by atoms with van der Waals surface area (Å²) in [5, 5.41) is 1.92. The van der Waals surface area contributed by atoms with Gasteiger partial charge in [-0.3, -0.25) is 4.57 Å². The summed E-state index contributed by atoms with van der Waals surface area (Å²) >= 11 is 3.53. The second-order valence-corrected chi connectivity index (χ2v) is 17.5. The molecule has 0 spiro atoms. The number of carbonyl (C=O) groups is 1. The first-order chi connectivity index (χ1) is 22.4. The van der Waals surface area contributed by atoms with Gasteiger partial charge in [-0.05, 0) is 84.8 Å². The zero-order chi connectivity index (χ0) is 33.7. The molecule has 0 radical (unpaired) electrons. The predicted molar refractivity (Wildman–Crippen MR) is 192 cm³/mol. The van der Waals surface area contributed by atoms with Crippen LogP contribution in [0.1, 0.15) is 91.5 Å². The second-order valence-electron chi connectivity index (χ2n) is 14.6. The molecular formula is C39H52BrO6P. The Balaban J connectivity index is 1.50. The molecule has 1 unspecified atom stereocenters. The molecule has 47 heavy (non-hydrogen) atoms. The van der Waals surface area contributed by atoms with Crippen molar-refractivity contribution in [1.29, 1.82) is 0 Å². The molecule has 0 heterocycles. The minimum atomic E-state index is -4.11. The van der Waals surface area contributed by atoms with Crippen LogP contribution >= 0.6 is 23.5 Å². The van der Waals surface area contributed by atoms with Gasteiger partial charge < -0.3 is 18.5 Å². The van der Waals surface area contributed by atoms with Crippen molar-refractivity contribution in [3.05, 3.63) is 76.8 Å². The summed E-state index contributed by atoms with van der Waals surface area (Å²) < 4.78 is 42.5. The molecule has 0 aliphatic heterocycles. The Hall–Kier alpha value is -2.18. The lowest BCUT2D eigenvalue weighted by molar-refractivity contribution is -0.149. The maximum Gasteiger partial charge on any atom is 0.376 e. The Bertz CT molecular complexity index is 1480. The monoisotopic (exact) mass is 726 g/mol. The molecule has 8 atom stereocenters. The van der Waals surface area contributed by atoms with E-state index in [1.54, 1.807) is 0 Å². The van der Waals surface area contributed by atoms with Gasteiger partial charge in [-0.15, -0.1) is 0 Å². The Morgan fingerprint density at radius 2 is 1.34 bits per heavy atom. The Morgan fingerprint density at radius 3 is 1.91 bits per heavy atom. The van der Waals surface area contributed by atoms with Crippen LogP contribution in [0.15, 0.2) is 71.2 Å². The largest absolute Gasteiger partial charge is 0.481 e. The van der Waals surface area contributed by atoms with Gasteiger partial charge in [0.05, 0.1) is 12.2 Å². The highest BCUT2D eigenvalue weighted by atomic mass is 79.9. The third-order valence-electron chi connectivity index (χ3n) is 10.3. The summed E-state index contributed by atoms with van der Waals surface area (Å²) in [6.07, 6.45) is 5.26. The molecule has 0 N–H and O–H groups in total. The molecule has 3 aromatic carbocycles. The lowest BCUT2D eigenvalue weighted by atomic mass is 9.75. The number of hydrogen-bond acceptors (Lipinski definition) is 6. The van der Waals surface area contributed by atoms with Crippen LogP contribution in [0, 0.1) is 35.5 Å². The smallest absolute Gasteiger partial charge is 0.376 e. The van der Waals surface area contributed by atoms with Gasteiger partial charge in [0.1, 0.15) is 5.75 Å². The van der Waals surface area contributed by atoms with E-state index in [2.05, 4.69) is 57.5 Å². The van der Waals surface area contributed by atoms with E-state index in [9.17, 15) is 4.79 Å². The van der Waals surface area contributed by atoms with Crippen LogP contribution in [0.3, 0.4) is 0 Å². The number of fused-ring (bicyclic) bond motifs is 1. The fourth-order valence-corrected chi connectivity index (χ4v) is 10.1. The number of carbonyl (C=O) groups excluding carboxylic acids is 1. The van der Waals surface area contributed by atoms with E-state index in [1.807, 2.05) is 66.7 Å².